The highest BCUT2D eigenvalue weighted by Crippen LogP contribution is 2.33. The van der Waals surface area contributed by atoms with E-state index in [9.17, 15) is 4.79 Å². The van der Waals surface area contributed by atoms with E-state index in [1.54, 1.807) is 18.3 Å². The standard InChI is InChI=1S/C13H13Cl2N3O2/c1-20-12-10(15)3-2-9(14)11(12)13(19)16-6-4-8-5-7-17-18-8/h2-3,5,7H,4,6H2,1H3,(H,16,19)(H,17,18). The molecule has 0 unspecified atom stereocenters. The summed E-state index contributed by atoms with van der Waals surface area (Å²) in [4.78, 5) is 12.2. The lowest BCUT2D eigenvalue weighted by Gasteiger charge is -2.12. The summed E-state index contributed by atoms with van der Waals surface area (Å²) >= 11 is 12.0. The van der Waals surface area contributed by atoms with Gasteiger partial charge in [-0.3, -0.25) is 9.89 Å². The molecule has 1 amide bonds. The van der Waals surface area contributed by atoms with Gasteiger partial charge in [-0.05, 0) is 18.2 Å². The molecule has 0 fully saturated rings. The summed E-state index contributed by atoms with van der Waals surface area (Å²) in [6.07, 6.45) is 2.31. The van der Waals surface area contributed by atoms with Crippen LogP contribution in [0.4, 0.5) is 0 Å². The Morgan fingerprint density at radius 3 is 2.75 bits per heavy atom. The molecule has 2 aromatic rings. The van der Waals surface area contributed by atoms with Gasteiger partial charge in [0.15, 0.2) is 5.75 Å². The number of methoxy groups -OCH3 is 1. The van der Waals surface area contributed by atoms with Crippen molar-refractivity contribution in [1.29, 1.82) is 0 Å². The molecular weight excluding hydrogens is 301 g/mol. The van der Waals surface area contributed by atoms with Crippen molar-refractivity contribution in [2.75, 3.05) is 13.7 Å². The van der Waals surface area contributed by atoms with E-state index in [1.807, 2.05) is 6.07 Å². The van der Waals surface area contributed by atoms with Gasteiger partial charge in [0.1, 0.15) is 5.56 Å². The average molecular weight is 314 g/mol. The Labute approximate surface area is 126 Å². The fourth-order valence-corrected chi connectivity index (χ4v) is 2.24. The van der Waals surface area contributed by atoms with Crippen LogP contribution in [0.1, 0.15) is 16.1 Å². The van der Waals surface area contributed by atoms with Crippen LogP contribution >= 0.6 is 23.2 Å². The second-order valence-electron chi connectivity index (χ2n) is 4.03. The van der Waals surface area contributed by atoms with E-state index in [2.05, 4.69) is 15.5 Å². The molecule has 1 aromatic carbocycles. The number of nitrogens with zero attached hydrogens (tertiary/aromatic N) is 1. The molecule has 2 N–H and O–H groups in total. The number of amides is 1. The minimum atomic E-state index is -0.325. The van der Waals surface area contributed by atoms with Gasteiger partial charge in [-0.25, -0.2) is 0 Å². The summed E-state index contributed by atoms with van der Waals surface area (Å²) < 4.78 is 5.14. The second-order valence-corrected chi connectivity index (χ2v) is 4.84. The first-order valence-electron chi connectivity index (χ1n) is 5.92. The quantitative estimate of drug-likeness (QED) is 0.891. The van der Waals surface area contributed by atoms with Crippen LogP contribution in [0.2, 0.25) is 10.0 Å². The lowest BCUT2D eigenvalue weighted by molar-refractivity contribution is 0.0951. The van der Waals surface area contributed by atoms with Gasteiger partial charge in [-0.2, -0.15) is 5.10 Å². The van der Waals surface area contributed by atoms with E-state index in [0.717, 1.165) is 5.69 Å². The number of aromatic nitrogens is 2. The summed E-state index contributed by atoms with van der Waals surface area (Å²) in [6, 6.07) is 5.00. The van der Waals surface area contributed by atoms with Crippen molar-refractivity contribution in [3.8, 4) is 5.75 Å². The average Bonchev–Trinajstić information content (AvgIpc) is 2.94. The van der Waals surface area contributed by atoms with Crippen LogP contribution < -0.4 is 10.1 Å². The summed E-state index contributed by atoms with van der Waals surface area (Å²) in [5.74, 6) is -0.0490. The van der Waals surface area contributed by atoms with Gasteiger partial charge in [0.2, 0.25) is 0 Å². The zero-order valence-electron chi connectivity index (χ0n) is 10.7. The Kier molecular flexibility index (Phi) is 4.87. The number of benzene rings is 1. The first-order chi connectivity index (χ1) is 9.63. The minimum Gasteiger partial charge on any atom is -0.494 e. The first-order valence-corrected chi connectivity index (χ1v) is 6.67. The van der Waals surface area contributed by atoms with Gasteiger partial charge in [-0.1, -0.05) is 23.2 Å². The maximum atomic E-state index is 12.2. The number of aromatic amines is 1. The number of ether oxygens (including phenoxy) is 1. The highest BCUT2D eigenvalue weighted by atomic mass is 35.5. The zero-order valence-corrected chi connectivity index (χ0v) is 12.3. The molecule has 0 bridgehead atoms. The van der Waals surface area contributed by atoms with Crippen LogP contribution in [0.25, 0.3) is 0 Å². The molecule has 2 rings (SSSR count). The Hall–Kier alpha value is -1.72. The van der Waals surface area contributed by atoms with Crippen molar-refractivity contribution in [3.05, 3.63) is 45.7 Å². The smallest absolute Gasteiger partial charge is 0.256 e. The molecule has 0 aliphatic rings. The van der Waals surface area contributed by atoms with Crippen molar-refractivity contribution < 1.29 is 9.53 Å². The molecule has 0 aliphatic heterocycles. The minimum absolute atomic E-state index is 0.242. The molecule has 20 heavy (non-hydrogen) atoms. The first kappa shape index (κ1) is 14.7. The van der Waals surface area contributed by atoms with Gasteiger partial charge in [-0.15, -0.1) is 0 Å². The van der Waals surface area contributed by atoms with Crippen molar-refractivity contribution in [3.63, 3.8) is 0 Å². The number of H-pyrrole nitrogens is 1. The van der Waals surface area contributed by atoms with E-state index in [0.29, 0.717) is 23.0 Å². The second kappa shape index (κ2) is 6.63. The monoisotopic (exact) mass is 313 g/mol. The lowest BCUT2D eigenvalue weighted by Crippen LogP contribution is -2.26. The van der Waals surface area contributed by atoms with Crippen molar-refractivity contribution >= 4 is 29.1 Å². The molecule has 0 atom stereocenters. The third kappa shape index (κ3) is 3.23. The molecule has 0 spiro atoms. The van der Waals surface area contributed by atoms with Crippen molar-refractivity contribution in [2.24, 2.45) is 0 Å². The van der Waals surface area contributed by atoms with Crippen molar-refractivity contribution in [1.82, 2.24) is 15.5 Å². The Balaban J connectivity index is 2.07. The predicted molar refractivity (Wildman–Crippen MR) is 77.6 cm³/mol. The van der Waals surface area contributed by atoms with E-state index in [4.69, 9.17) is 27.9 Å². The number of nitrogens with one attached hydrogen (secondary N) is 2. The number of hydrogen-bond acceptors (Lipinski definition) is 3. The van der Waals surface area contributed by atoms with Crippen LogP contribution in [-0.2, 0) is 6.42 Å². The van der Waals surface area contributed by atoms with E-state index >= 15 is 0 Å². The van der Waals surface area contributed by atoms with Crippen LogP contribution in [0.15, 0.2) is 24.4 Å². The molecule has 7 heteroatoms. The highest BCUT2D eigenvalue weighted by molar-refractivity contribution is 6.37. The van der Waals surface area contributed by atoms with E-state index in [1.165, 1.54) is 7.11 Å². The normalized spacial score (nSPS) is 10.3. The molecule has 1 heterocycles. The van der Waals surface area contributed by atoms with Crippen molar-refractivity contribution in [2.45, 2.75) is 6.42 Å². The molecule has 5 nitrogen and oxygen atoms in total. The molecule has 0 saturated heterocycles. The molecule has 0 radical (unpaired) electrons. The largest absolute Gasteiger partial charge is 0.494 e. The molecule has 106 valence electrons. The van der Waals surface area contributed by atoms with Gasteiger partial charge in [0.25, 0.3) is 5.91 Å². The zero-order chi connectivity index (χ0) is 14.5. The number of rotatable bonds is 5. The van der Waals surface area contributed by atoms with Crippen LogP contribution in [0.3, 0.4) is 0 Å². The summed E-state index contributed by atoms with van der Waals surface area (Å²) in [6.45, 7) is 0.451. The van der Waals surface area contributed by atoms with E-state index in [-0.39, 0.29) is 17.2 Å². The highest BCUT2D eigenvalue weighted by Gasteiger charge is 2.19. The maximum absolute atomic E-state index is 12.2. The number of halogens is 2. The summed E-state index contributed by atoms with van der Waals surface area (Å²) in [5, 5.41) is 10.1. The maximum Gasteiger partial charge on any atom is 0.256 e. The van der Waals surface area contributed by atoms with Crippen LogP contribution in [-0.4, -0.2) is 29.8 Å². The topological polar surface area (TPSA) is 67.0 Å². The van der Waals surface area contributed by atoms with Gasteiger partial charge >= 0.3 is 0 Å². The fraction of sp³-hybridized carbons (Fsp3) is 0.231. The van der Waals surface area contributed by atoms with Gasteiger partial charge < -0.3 is 10.1 Å². The van der Waals surface area contributed by atoms with Crippen LogP contribution in [0, 0.1) is 0 Å². The summed E-state index contributed by atoms with van der Waals surface area (Å²) in [7, 11) is 1.44. The molecule has 0 aliphatic carbocycles. The number of carbonyl (C=O) groups excluding carboxylic acids is 1. The predicted octanol–water partition coefficient (Wildman–Crippen LogP) is 2.70. The SMILES string of the molecule is COc1c(Cl)ccc(Cl)c1C(=O)NCCc1ccn[nH]1. The van der Waals surface area contributed by atoms with E-state index < -0.39 is 0 Å². The Morgan fingerprint density at radius 2 is 2.10 bits per heavy atom. The number of hydrogen-bond donors (Lipinski definition) is 2. The molecule has 1 aromatic heterocycles. The molecular formula is C13H13Cl2N3O2. The van der Waals surface area contributed by atoms with Crippen LogP contribution in [0.5, 0.6) is 5.75 Å². The molecule has 0 saturated carbocycles. The van der Waals surface area contributed by atoms with Gasteiger partial charge in [0.05, 0.1) is 17.2 Å². The Bertz CT molecular complexity index is 600. The summed E-state index contributed by atoms with van der Waals surface area (Å²) in [5.41, 5.74) is 1.18. The van der Waals surface area contributed by atoms with Gasteiger partial charge in [0, 0.05) is 24.9 Å². The number of carbonyl (C=O) groups is 1. The third-order valence-corrected chi connectivity index (χ3v) is 3.34. The third-order valence-electron chi connectivity index (χ3n) is 2.73. The fourth-order valence-electron chi connectivity index (χ4n) is 1.77. The Morgan fingerprint density at radius 1 is 1.35 bits per heavy atom. The lowest BCUT2D eigenvalue weighted by atomic mass is 10.1.